The van der Waals surface area contributed by atoms with Crippen molar-refractivity contribution < 1.29 is 22.3 Å². The van der Waals surface area contributed by atoms with Crippen LogP contribution in [0.15, 0.2) is 52.0 Å². The van der Waals surface area contributed by atoms with Gasteiger partial charge in [0.05, 0.1) is 21.3 Å². The van der Waals surface area contributed by atoms with Crippen molar-refractivity contribution in [1.82, 2.24) is 14.3 Å². The summed E-state index contributed by atoms with van der Waals surface area (Å²) < 4.78 is 55.2. The van der Waals surface area contributed by atoms with E-state index in [-0.39, 0.29) is 22.9 Å². The molecule has 0 amide bonds. The summed E-state index contributed by atoms with van der Waals surface area (Å²) in [5, 5.41) is 9.54. The van der Waals surface area contributed by atoms with Crippen molar-refractivity contribution in [2.24, 2.45) is 0 Å². The number of aromatic nitrogens is 2. The number of nitrogens with one attached hydrogen (secondary N) is 1. The van der Waals surface area contributed by atoms with Crippen molar-refractivity contribution in [3.05, 3.63) is 57.9 Å². The molecule has 1 saturated heterocycles. The third kappa shape index (κ3) is 4.40. The highest BCUT2D eigenvalue weighted by Gasteiger charge is 2.36. The Morgan fingerprint density at radius 1 is 1.23 bits per heavy atom. The van der Waals surface area contributed by atoms with E-state index in [0.29, 0.717) is 27.1 Å². The van der Waals surface area contributed by atoms with E-state index in [1.54, 1.807) is 24.4 Å². The molecule has 11 heteroatoms. The summed E-state index contributed by atoms with van der Waals surface area (Å²) in [6.45, 7) is -0.450. The molecule has 2 N–H and O–H groups in total. The second-order valence-corrected chi connectivity index (χ2v) is 10.3. The van der Waals surface area contributed by atoms with Gasteiger partial charge in [-0.2, -0.15) is 4.31 Å². The van der Waals surface area contributed by atoms with Crippen LogP contribution in [0.5, 0.6) is 0 Å². The SMILES string of the molecule is O=S(=O)(c1cc(-c2nc(-c3ccc(Br)c(F)c3)c[nH]2)ccc1Cl)N1CCC(O)C(F)C1. The van der Waals surface area contributed by atoms with Gasteiger partial charge in [0.2, 0.25) is 10.0 Å². The predicted molar refractivity (Wildman–Crippen MR) is 116 cm³/mol. The largest absolute Gasteiger partial charge is 0.390 e. The molecule has 164 valence electrons. The van der Waals surface area contributed by atoms with Crippen molar-refractivity contribution in [2.45, 2.75) is 23.6 Å². The predicted octanol–water partition coefficient (Wildman–Crippen LogP) is 4.39. The minimum Gasteiger partial charge on any atom is -0.390 e. The highest BCUT2D eigenvalue weighted by Crippen LogP contribution is 2.32. The fourth-order valence-corrected chi connectivity index (χ4v) is 5.55. The van der Waals surface area contributed by atoms with E-state index in [2.05, 4.69) is 25.9 Å². The van der Waals surface area contributed by atoms with Crippen molar-refractivity contribution >= 4 is 37.6 Å². The molecule has 1 aromatic heterocycles. The van der Waals surface area contributed by atoms with Gasteiger partial charge in [-0.3, -0.25) is 0 Å². The zero-order chi connectivity index (χ0) is 22.3. The maximum absolute atomic E-state index is 13.9. The molecule has 1 aliphatic rings. The fourth-order valence-electron chi connectivity index (χ4n) is 3.34. The van der Waals surface area contributed by atoms with Gasteiger partial charge in [0.1, 0.15) is 22.7 Å². The van der Waals surface area contributed by atoms with Gasteiger partial charge in [-0.15, -0.1) is 0 Å². The second-order valence-electron chi connectivity index (χ2n) is 7.14. The number of halogens is 4. The second kappa shape index (κ2) is 8.59. The highest BCUT2D eigenvalue weighted by molar-refractivity contribution is 9.10. The number of H-pyrrole nitrogens is 1. The van der Waals surface area contributed by atoms with Crippen LogP contribution in [0, 0.1) is 5.82 Å². The number of hydrogen-bond donors (Lipinski definition) is 2. The molecule has 0 aliphatic carbocycles. The zero-order valence-corrected chi connectivity index (χ0v) is 19.1. The number of aliphatic hydroxyl groups excluding tert-OH is 1. The van der Waals surface area contributed by atoms with Crippen molar-refractivity contribution in [2.75, 3.05) is 13.1 Å². The van der Waals surface area contributed by atoms with Crippen molar-refractivity contribution in [3.63, 3.8) is 0 Å². The fraction of sp³-hybridized carbons (Fsp3) is 0.250. The quantitative estimate of drug-likeness (QED) is 0.522. The van der Waals surface area contributed by atoms with E-state index in [1.165, 1.54) is 18.2 Å². The van der Waals surface area contributed by atoms with Crippen molar-refractivity contribution in [1.29, 1.82) is 0 Å². The molecular formula is C20H17BrClF2N3O3S. The molecule has 0 bridgehead atoms. The lowest BCUT2D eigenvalue weighted by molar-refractivity contribution is 0.0303. The van der Waals surface area contributed by atoms with Crippen LogP contribution in [0.3, 0.4) is 0 Å². The summed E-state index contributed by atoms with van der Waals surface area (Å²) in [5.41, 5.74) is 1.47. The highest BCUT2D eigenvalue weighted by atomic mass is 79.9. The third-order valence-corrected chi connectivity index (χ3v) is 8.08. The molecule has 6 nitrogen and oxygen atoms in total. The van der Waals surface area contributed by atoms with Crippen molar-refractivity contribution in [3.8, 4) is 22.6 Å². The van der Waals surface area contributed by atoms with E-state index < -0.39 is 34.7 Å². The Labute approximate surface area is 191 Å². The number of piperidine rings is 1. The third-order valence-electron chi connectivity index (χ3n) is 5.09. The maximum atomic E-state index is 13.9. The average Bonchev–Trinajstić information content (AvgIpc) is 3.22. The molecule has 2 heterocycles. The normalized spacial score (nSPS) is 20.2. The van der Waals surface area contributed by atoms with E-state index in [4.69, 9.17) is 11.6 Å². The van der Waals surface area contributed by atoms with Crippen LogP contribution < -0.4 is 0 Å². The molecule has 2 unspecified atom stereocenters. The van der Waals surface area contributed by atoms with E-state index in [0.717, 1.165) is 4.31 Å². The molecule has 2 aromatic carbocycles. The first-order valence-electron chi connectivity index (χ1n) is 9.30. The molecule has 4 rings (SSSR count). The molecule has 0 spiro atoms. The summed E-state index contributed by atoms with van der Waals surface area (Å²) in [6.07, 6.45) is -1.26. The van der Waals surface area contributed by atoms with Crippen LogP contribution in [0.2, 0.25) is 5.02 Å². The monoisotopic (exact) mass is 531 g/mol. The Hall–Kier alpha value is -1.85. The number of aliphatic hydroxyl groups is 1. The molecule has 1 fully saturated rings. The minimum atomic E-state index is -4.08. The van der Waals surface area contributed by atoms with Crippen LogP contribution in [-0.4, -0.2) is 53.2 Å². The Bertz CT molecular complexity index is 1240. The summed E-state index contributed by atoms with van der Waals surface area (Å²) in [6, 6.07) is 8.99. The molecule has 1 aliphatic heterocycles. The molecule has 3 aromatic rings. The van der Waals surface area contributed by atoms with Crippen LogP contribution >= 0.6 is 27.5 Å². The molecule has 31 heavy (non-hydrogen) atoms. The van der Waals surface area contributed by atoms with Gasteiger partial charge in [-0.25, -0.2) is 22.2 Å². The first-order valence-corrected chi connectivity index (χ1v) is 11.9. The molecule has 0 saturated carbocycles. The lowest BCUT2D eigenvalue weighted by atomic mass is 10.1. The first-order chi connectivity index (χ1) is 14.7. The molecular weight excluding hydrogens is 516 g/mol. The number of benzene rings is 2. The summed E-state index contributed by atoms with van der Waals surface area (Å²) in [7, 11) is -4.08. The molecule has 2 atom stereocenters. The van der Waals surface area contributed by atoms with Crippen LogP contribution in [0.4, 0.5) is 8.78 Å². The number of nitrogens with zero attached hydrogens (tertiary/aromatic N) is 2. The molecule has 0 radical (unpaired) electrons. The van der Waals surface area contributed by atoms with E-state index >= 15 is 0 Å². The Morgan fingerprint density at radius 2 is 1.97 bits per heavy atom. The summed E-state index contributed by atoms with van der Waals surface area (Å²) in [4.78, 5) is 7.20. The van der Waals surface area contributed by atoms with Gasteiger partial charge >= 0.3 is 0 Å². The van der Waals surface area contributed by atoms with E-state index in [9.17, 15) is 22.3 Å². The first kappa shape index (κ1) is 22.3. The Kier molecular flexibility index (Phi) is 6.19. The van der Waals surface area contributed by atoms with Gasteiger partial charge in [0.25, 0.3) is 0 Å². The van der Waals surface area contributed by atoms with Crippen LogP contribution in [0.1, 0.15) is 6.42 Å². The zero-order valence-electron chi connectivity index (χ0n) is 15.9. The number of aromatic amines is 1. The van der Waals surface area contributed by atoms with Gasteiger partial charge in [-0.1, -0.05) is 17.7 Å². The lowest BCUT2D eigenvalue weighted by Gasteiger charge is -2.31. The van der Waals surface area contributed by atoms with E-state index in [1.807, 2.05) is 0 Å². The summed E-state index contributed by atoms with van der Waals surface area (Å²) >= 11 is 9.26. The smallest absolute Gasteiger partial charge is 0.244 e. The minimum absolute atomic E-state index is 0.00298. The Balaban J connectivity index is 1.67. The topological polar surface area (TPSA) is 86.3 Å². The Morgan fingerprint density at radius 3 is 2.68 bits per heavy atom. The number of rotatable bonds is 4. The van der Waals surface area contributed by atoms with Gasteiger partial charge in [0, 0.05) is 30.4 Å². The average molecular weight is 533 g/mol. The lowest BCUT2D eigenvalue weighted by Crippen LogP contribution is -2.47. The van der Waals surface area contributed by atoms with Crippen LogP contribution in [-0.2, 0) is 10.0 Å². The number of hydrogen-bond acceptors (Lipinski definition) is 4. The summed E-state index contributed by atoms with van der Waals surface area (Å²) in [5.74, 6) is -0.0661. The standard InChI is InChI=1S/C20H17BrClF2N3O3S/c21-13-3-1-11(7-15(13)23)17-9-25-20(26-17)12-2-4-14(22)19(8-12)31(29,30)27-6-5-18(28)16(24)10-27/h1-4,7-9,16,18,28H,5-6,10H2,(H,25,26). The number of imidazole rings is 1. The number of alkyl halides is 1. The maximum Gasteiger partial charge on any atom is 0.244 e. The van der Waals surface area contributed by atoms with Gasteiger partial charge < -0.3 is 10.1 Å². The van der Waals surface area contributed by atoms with Crippen LogP contribution in [0.25, 0.3) is 22.6 Å². The van der Waals surface area contributed by atoms with Gasteiger partial charge in [0.15, 0.2) is 0 Å². The number of sulfonamides is 1. The van der Waals surface area contributed by atoms with Gasteiger partial charge in [-0.05, 0) is 52.7 Å².